The molecule has 84 valence electrons. The zero-order valence-electron chi connectivity index (χ0n) is 9.19. The maximum absolute atomic E-state index is 11.1. The first-order chi connectivity index (χ1) is 7.20. The van der Waals surface area contributed by atoms with Gasteiger partial charge in [-0.1, -0.05) is 19.8 Å². The van der Waals surface area contributed by atoms with Gasteiger partial charge < -0.3 is 9.84 Å². The van der Waals surface area contributed by atoms with Crippen molar-refractivity contribution in [3.05, 3.63) is 11.8 Å². The van der Waals surface area contributed by atoms with Crippen LogP contribution in [0.2, 0.25) is 0 Å². The Morgan fingerprint density at radius 3 is 3.00 bits per heavy atom. The summed E-state index contributed by atoms with van der Waals surface area (Å²) in [5, 5.41) is 9.11. The predicted octanol–water partition coefficient (Wildman–Crippen LogP) is 1.86. The number of ether oxygens (including phenoxy) is 1. The minimum absolute atomic E-state index is 0.515. The van der Waals surface area contributed by atoms with Crippen LogP contribution in [0, 0.1) is 5.92 Å². The third kappa shape index (κ3) is 2.81. The van der Waals surface area contributed by atoms with Crippen molar-refractivity contribution in [3.8, 4) is 0 Å². The zero-order chi connectivity index (χ0) is 11.3. The predicted molar refractivity (Wildman–Crippen MR) is 58.0 cm³/mol. The quantitative estimate of drug-likeness (QED) is 0.729. The van der Waals surface area contributed by atoms with Crippen molar-refractivity contribution in [1.82, 2.24) is 0 Å². The van der Waals surface area contributed by atoms with Gasteiger partial charge >= 0.3 is 5.97 Å². The van der Waals surface area contributed by atoms with E-state index in [1.807, 2.05) is 13.0 Å². The Bertz CT molecular complexity index is 294. The molecule has 0 fully saturated rings. The van der Waals surface area contributed by atoms with Crippen LogP contribution in [0.25, 0.3) is 0 Å². The van der Waals surface area contributed by atoms with E-state index in [9.17, 15) is 4.79 Å². The molecule has 1 aliphatic rings. The normalized spacial score (nSPS) is 16.9. The average molecular weight is 211 g/mol. The molecule has 0 saturated heterocycles. The van der Waals surface area contributed by atoms with Crippen LogP contribution in [0.15, 0.2) is 16.8 Å². The third-order valence-electron chi connectivity index (χ3n) is 2.49. The van der Waals surface area contributed by atoms with E-state index in [1.54, 1.807) is 7.11 Å². The van der Waals surface area contributed by atoms with Crippen molar-refractivity contribution in [2.45, 2.75) is 26.2 Å². The molecule has 1 atom stereocenters. The van der Waals surface area contributed by atoms with Crippen LogP contribution in [-0.2, 0) is 9.53 Å². The minimum Gasteiger partial charge on any atom is -0.495 e. The number of carbonyl (C=O) groups is 1. The summed E-state index contributed by atoms with van der Waals surface area (Å²) in [7, 11) is 1.55. The van der Waals surface area contributed by atoms with Crippen molar-refractivity contribution in [2.75, 3.05) is 13.7 Å². The second-order valence-electron chi connectivity index (χ2n) is 3.53. The largest absolute Gasteiger partial charge is 0.495 e. The molecule has 15 heavy (non-hydrogen) atoms. The number of aliphatic carboxylic acids is 1. The van der Waals surface area contributed by atoms with Gasteiger partial charge in [-0.05, 0) is 12.5 Å². The Labute approximate surface area is 89.7 Å². The SMILES string of the molecule is CCCCC(C(=O)O)C1=NCC=C1OC. The highest BCUT2D eigenvalue weighted by Crippen LogP contribution is 2.20. The minimum atomic E-state index is -0.813. The highest BCUT2D eigenvalue weighted by Gasteiger charge is 2.28. The van der Waals surface area contributed by atoms with E-state index < -0.39 is 11.9 Å². The molecule has 0 aromatic carbocycles. The summed E-state index contributed by atoms with van der Waals surface area (Å²) in [5.41, 5.74) is 0.596. The highest BCUT2D eigenvalue weighted by atomic mass is 16.5. The number of carboxylic acids is 1. The van der Waals surface area contributed by atoms with Gasteiger partial charge in [-0.15, -0.1) is 0 Å². The number of hydrogen-bond acceptors (Lipinski definition) is 3. The number of nitrogens with zero attached hydrogens (tertiary/aromatic N) is 1. The van der Waals surface area contributed by atoms with E-state index in [0.29, 0.717) is 24.4 Å². The van der Waals surface area contributed by atoms with Crippen molar-refractivity contribution in [2.24, 2.45) is 10.9 Å². The second kappa shape index (κ2) is 5.53. The molecule has 0 aromatic rings. The lowest BCUT2D eigenvalue weighted by Gasteiger charge is -2.13. The second-order valence-corrected chi connectivity index (χ2v) is 3.53. The van der Waals surface area contributed by atoms with Crippen LogP contribution in [-0.4, -0.2) is 30.4 Å². The van der Waals surface area contributed by atoms with E-state index >= 15 is 0 Å². The molecule has 4 heteroatoms. The first-order valence-corrected chi connectivity index (χ1v) is 5.22. The van der Waals surface area contributed by atoms with Crippen molar-refractivity contribution < 1.29 is 14.6 Å². The Balaban J connectivity index is 2.72. The Hall–Kier alpha value is -1.32. The first kappa shape index (κ1) is 11.8. The summed E-state index contributed by atoms with van der Waals surface area (Å²) >= 11 is 0. The molecule has 0 amide bonds. The van der Waals surface area contributed by atoms with Gasteiger partial charge in [0.05, 0.1) is 19.4 Å². The summed E-state index contributed by atoms with van der Waals surface area (Å²) in [4.78, 5) is 15.3. The molecule has 0 aromatic heterocycles. The van der Waals surface area contributed by atoms with Crippen LogP contribution >= 0.6 is 0 Å². The van der Waals surface area contributed by atoms with E-state index in [4.69, 9.17) is 9.84 Å². The average Bonchev–Trinajstić information content (AvgIpc) is 2.66. The molecule has 4 nitrogen and oxygen atoms in total. The molecule has 0 spiro atoms. The Kier molecular flexibility index (Phi) is 4.34. The maximum Gasteiger partial charge on any atom is 0.312 e. The number of aliphatic imine (C=N–C) groups is 1. The third-order valence-corrected chi connectivity index (χ3v) is 2.49. The summed E-state index contributed by atoms with van der Waals surface area (Å²) in [6, 6.07) is 0. The molecule has 0 radical (unpaired) electrons. The Morgan fingerprint density at radius 2 is 2.47 bits per heavy atom. The number of rotatable bonds is 6. The fourth-order valence-corrected chi connectivity index (χ4v) is 1.66. The van der Waals surface area contributed by atoms with Crippen LogP contribution in [0.5, 0.6) is 0 Å². The van der Waals surface area contributed by atoms with Crippen LogP contribution < -0.4 is 0 Å². The van der Waals surface area contributed by atoms with Crippen LogP contribution in [0.3, 0.4) is 0 Å². The zero-order valence-corrected chi connectivity index (χ0v) is 9.19. The number of carboxylic acid groups (broad SMARTS) is 1. The standard InChI is InChI=1S/C11H17NO3/c1-3-4-5-8(11(13)14)10-9(15-2)6-7-12-10/h6,8H,3-5,7H2,1-2H3,(H,13,14). The van der Waals surface area contributed by atoms with Crippen LogP contribution in [0.1, 0.15) is 26.2 Å². The smallest absolute Gasteiger partial charge is 0.312 e. The van der Waals surface area contributed by atoms with Crippen molar-refractivity contribution in [1.29, 1.82) is 0 Å². The maximum atomic E-state index is 11.1. The summed E-state index contributed by atoms with van der Waals surface area (Å²) in [6.45, 7) is 2.58. The number of allylic oxidation sites excluding steroid dienone is 1. The first-order valence-electron chi connectivity index (χ1n) is 5.22. The molecule has 0 saturated carbocycles. The van der Waals surface area contributed by atoms with Gasteiger partial charge in [0.15, 0.2) is 0 Å². The van der Waals surface area contributed by atoms with Gasteiger partial charge in [-0.25, -0.2) is 0 Å². The van der Waals surface area contributed by atoms with Gasteiger partial charge in [-0.3, -0.25) is 9.79 Å². The lowest BCUT2D eigenvalue weighted by atomic mass is 9.96. The van der Waals surface area contributed by atoms with E-state index in [1.165, 1.54) is 0 Å². The monoisotopic (exact) mass is 211 g/mol. The van der Waals surface area contributed by atoms with Crippen molar-refractivity contribution >= 4 is 11.7 Å². The van der Waals surface area contributed by atoms with Crippen LogP contribution in [0.4, 0.5) is 0 Å². The van der Waals surface area contributed by atoms with Gasteiger partial charge in [-0.2, -0.15) is 0 Å². The molecule has 1 N–H and O–H groups in total. The fourth-order valence-electron chi connectivity index (χ4n) is 1.66. The molecule has 1 aliphatic heterocycles. The fraction of sp³-hybridized carbons (Fsp3) is 0.636. The highest BCUT2D eigenvalue weighted by molar-refractivity contribution is 6.11. The molecule has 1 unspecified atom stereocenters. The molecular weight excluding hydrogens is 194 g/mol. The summed E-state index contributed by atoms with van der Waals surface area (Å²) in [6.07, 6.45) is 4.33. The lowest BCUT2D eigenvalue weighted by Crippen LogP contribution is -2.24. The molecule has 1 heterocycles. The van der Waals surface area contributed by atoms with Gasteiger partial charge in [0.1, 0.15) is 11.7 Å². The number of hydrogen-bond donors (Lipinski definition) is 1. The molecular formula is C11H17NO3. The van der Waals surface area contributed by atoms with Gasteiger partial charge in [0, 0.05) is 0 Å². The van der Waals surface area contributed by atoms with Gasteiger partial charge in [0.25, 0.3) is 0 Å². The van der Waals surface area contributed by atoms with Crippen molar-refractivity contribution in [3.63, 3.8) is 0 Å². The summed E-state index contributed by atoms with van der Waals surface area (Å²) in [5.74, 6) is -0.704. The number of methoxy groups -OCH3 is 1. The Morgan fingerprint density at radius 1 is 1.73 bits per heavy atom. The van der Waals surface area contributed by atoms with E-state index in [-0.39, 0.29) is 0 Å². The topological polar surface area (TPSA) is 58.9 Å². The van der Waals surface area contributed by atoms with Gasteiger partial charge in [0.2, 0.25) is 0 Å². The van der Waals surface area contributed by atoms with E-state index in [0.717, 1.165) is 12.8 Å². The molecule has 0 aliphatic carbocycles. The molecule has 1 rings (SSSR count). The number of unbranched alkanes of at least 4 members (excludes halogenated alkanes) is 1. The lowest BCUT2D eigenvalue weighted by molar-refractivity contribution is -0.139. The molecule has 0 bridgehead atoms. The van der Waals surface area contributed by atoms with E-state index in [2.05, 4.69) is 4.99 Å². The summed E-state index contributed by atoms with van der Waals surface area (Å²) < 4.78 is 5.10.